The van der Waals surface area contributed by atoms with Crippen molar-refractivity contribution in [3.05, 3.63) is 54.2 Å². The Bertz CT molecular complexity index is 1010. The van der Waals surface area contributed by atoms with E-state index in [1.807, 2.05) is 35.2 Å². The number of halogens is 3. The molecule has 1 unspecified atom stereocenters. The molecule has 0 bridgehead atoms. The number of rotatable bonds is 3. The molecule has 2 fully saturated rings. The summed E-state index contributed by atoms with van der Waals surface area (Å²) in [6.45, 7) is 1.22. The monoisotopic (exact) mass is 401 g/mol. The predicted octanol–water partition coefficient (Wildman–Crippen LogP) is 4.32. The number of alkyl halides is 3. The first-order valence-electron chi connectivity index (χ1n) is 9.49. The van der Waals surface area contributed by atoms with E-state index in [0.717, 1.165) is 30.9 Å². The Kier molecular flexibility index (Phi) is 4.07. The molecule has 1 saturated carbocycles. The predicted molar refractivity (Wildman–Crippen MR) is 98.0 cm³/mol. The number of hydrogen-bond acceptors (Lipinski definition) is 6. The Hall–Kier alpha value is -2.97. The highest BCUT2D eigenvalue weighted by Crippen LogP contribution is 2.64. The summed E-state index contributed by atoms with van der Waals surface area (Å²) in [4.78, 5) is 9.55. The third-order valence-electron chi connectivity index (χ3n) is 5.92. The van der Waals surface area contributed by atoms with Gasteiger partial charge in [0.05, 0.1) is 0 Å². The number of anilines is 1. The second-order valence-corrected chi connectivity index (χ2v) is 7.66. The van der Waals surface area contributed by atoms with Crippen molar-refractivity contribution in [2.24, 2.45) is 5.41 Å². The van der Waals surface area contributed by atoms with Gasteiger partial charge in [0.25, 0.3) is 0 Å². The van der Waals surface area contributed by atoms with E-state index in [0.29, 0.717) is 24.9 Å². The van der Waals surface area contributed by atoms with Gasteiger partial charge in [-0.15, -0.1) is 10.2 Å². The number of benzene rings is 1. The van der Waals surface area contributed by atoms with E-state index in [2.05, 4.69) is 20.2 Å². The third-order valence-corrected chi connectivity index (χ3v) is 5.92. The highest BCUT2D eigenvalue weighted by atomic mass is 19.4. The van der Waals surface area contributed by atoms with Crippen LogP contribution in [0.4, 0.5) is 19.1 Å². The van der Waals surface area contributed by atoms with E-state index in [4.69, 9.17) is 4.42 Å². The van der Waals surface area contributed by atoms with Crippen molar-refractivity contribution in [3.63, 3.8) is 0 Å². The van der Waals surface area contributed by atoms with Gasteiger partial charge in [-0.3, -0.25) is 0 Å². The van der Waals surface area contributed by atoms with Gasteiger partial charge < -0.3 is 9.32 Å². The zero-order valence-corrected chi connectivity index (χ0v) is 15.4. The standard InChI is InChI=1S/C20H18F3N5O/c21-20(22,23)15-6-9-24-18(25-15)28-10-7-19(8-11-28)12-14(19)17-27-26-16(29-17)13-4-2-1-3-5-13/h1-6,9,14H,7-8,10-12H2. The van der Waals surface area contributed by atoms with Crippen molar-refractivity contribution in [1.29, 1.82) is 0 Å². The fraction of sp³-hybridized carbons (Fsp3) is 0.400. The SMILES string of the molecule is FC(F)(F)c1ccnc(N2CCC3(CC2)CC3c2nnc(-c3ccccc3)o2)n1. The highest BCUT2D eigenvalue weighted by molar-refractivity contribution is 5.52. The second-order valence-electron chi connectivity index (χ2n) is 7.66. The van der Waals surface area contributed by atoms with Crippen LogP contribution in [-0.4, -0.2) is 33.3 Å². The van der Waals surface area contributed by atoms with Crippen LogP contribution in [0.2, 0.25) is 0 Å². The molecule has 1 saturated heterocycles. The molecular weight excluding hydrogens is 383 g/mol. The van der Waals surface area contributed by atoms with Crippen LogP contribution in [0.5, 0.6) is 0 Å². The van der Waals surface area contributed by atoms with E-state index in [-0.39, 0.29) is 17.3 Å². The molecule has 6 nitrogen and oxygen atoms in total. The van der Waals surface area contributed by atoms with Gasteiger partial charge >= 0.3 is 6.18 Å². The minimum atomic E-state index is -4.47. The fourth-order valence-corrected chi connectivity index (χ4v) is 4.13. The largest absolute Gasteiger partial charge is 0.433 e. The molecule has 9 heteroatoms. The quantitative estimate of drug-likeness (QED) is 0.651. The summed E-state index contributed by atoms with van der Waals surface area (Å²) in [6.07, 6.45) is -0.676. The first-order valence-corrected chi connectivity index (χ1v) is 9.49. The third kappa shape index (κ3) is 3.34. The lowest BCUT2D eigenvalue weighted by molar-refractivity contribution is -0.141. The van der Waals surface area contributed by atoms with Crippen LogP contribution in [0, 0.1) is 5.41 Å². The molecule has 1 atom stereocenters. The molecule has 3 aromatic rings. The molecule has 1 aromatic carbocycles. The number of nitrogens with zero attached hydrogens (tertiary/aromatic N) is 5. The Morgan fingerprint density at radius 1 is 1.03 bits per heavy atom. The number of hydrogen-bond donors (Lipinski definition) is 0. The Morgan fingerprint density at radius 3 is 2.52 bits per heavy atom. The summed E-state index contributed by atoms with van der Waals surface area (Å²) in [5, 5.41) is 8.41. The molecule has 1 aliphatic heterocycles. The summed E-state index contributed by atoms with van der Waals surface area (Å²) in [5.74, 6) is 1.50. The maximum atomic E-state index is 12.9. The number of aromatic nitrogens is 4. The Labute approximate surface area is 164 Å². The average molecular weight is 401 g/mol. The van der Waals surface area contributed by atoms with Crippen molar-refractivity contribution in [1.82, 2.24) is 20.2 Å². The Balaban J connectivity index is 1.26. The first kappa shape index (κ1) is 18.1. The van der Waals surface area contributed by atoms with Gasteiger partial charge in [-0.25, -0.2) is 9.97 Å². The fourth-order valence-electron chi connectivity index (χ4n) is 4.13. The smallest absolute Gasteiger partial charge is 0.420 e. The molecule has 1 spiro atoms. The summed E-state index contributed by atoms with van der Waals surface area (Å²) in [5.41, 5.74) is 0.0578. The van der Waals surface area contributed by atoms with Gasteiger partial charge in [-0.1, -0.05) is 18.2 Å². The molecule has 2 aromatic heterocycles. The maximum absolute atomic E-state index is 12.9. The lowest BCUT2D eigenvalue weighted by Gasteiger charge is -2.32. The molecule has 0 N–H and O–H groups in total. The molecule has 29 heavy (non-hydrogen) atoms. The summed E-state index contributed by atoms with van der Waals surface area (Å²) < 4.78 is 44.6. The van der Waals surface area contributed by atoms with Crippen molar-refractivity contribution >= 4 is 5.95 Å². The van der Waals surface area contributed by atoms with Gasteiger partial charge in [0.2, 0.25) is 17.7 Å². The van der Waals surface area contributed by atoms with Gasteiger partial charge in [-0.05, 0) is 42.9 Å². The van der Waals surface area contributed by atoms with E-state index >= 15 is 0 Å². The molecule has 3 heterocycles. The molecule has 5 rings (SSSR count). The van der Waals surface area contributed by atoms with Crippen LogP contribution < -0.4 is 4.90 Å². The van der Waals surface area contributed by atoms with E-state index in [1.54, 1.807) is 0 Å². The molecule has 150 valence electrons. The van der Waals surface area contributed by atoms with Crippen LogP contribution in [0.1, 0.15) is 36.8 Å². The molecule has 0 amide bonds. The molecular formula is C20H18F3N5O. The second kappa shape index (κ2) is 6.53. The van der Waals surface area contributed by atoms with Gasteiger partial charge in [-0.2, -0.15) is 13.2 Å². The van der Waals surface area contributed by atoms with Crippen LogP contribution in [0.3, 0.4) is 0 Å². The summed E-state index contributed by atoms with van der Waals surface area (Å²) >= 11 is 0. The lowest BCUT2D eigenvalue weighted by Crippen LogP contribution is -2.36. The lowest BCUT2D eigenvalue weighted by atomic mass is 9.91. The van der Waals surface area contributed by atoms with Crippen molar-refractivity contribution < 1.29 is 17.6 Å². The van der Waals surface area contributed by atoms with Crippen molar-refractivity contribution in [2.75, 3.05) is 18.0 Å². The number of piperidine rings is 1. The zero-order chi connectivity index (χ0) is 20.1. The van der Waals surface area contributed by atoms with Gasteiger partial charge in [0.15, 0.2) is 0 Å². The Morgan fingerprint density at radius 2 is 1.79 bits per heavy atom. The zero-order valence-electron chi connectivity index (χ0n) is 15.4. The molecule has 0 radical (unpaired) electrons. The van der Waals surface area contributed by atoms with Crippen molar-refractivity contribution in [3.8, 4) is 11.5 Å². The first-order chi connectivity index (χ1) is 13.9. The van der Waals surface area contributed by atoms with Crippen LogP contribution >= 0.6 is 0 Å². The van der Waals surface area contributed by atoms with Crippen LogP contribution in [-0.2, 0) is 6.18 Å². The van der Waals surface area contributed by atoms with E-state index in [9.17, 15) is 13.2 Å². The van der Waals surface area contributed by atoms with E-state index < -0.39 is 11.9 Å². The minimum Gasteiger partial charge on any atom is -0.420 e. The summed E-state index contributed by atoms with van der Waals surface area (Å²) in [7, 11) is 0. The van der Waals surface area contributed by atoms with Crippen molar-refractivity contribution in [2.45, 2.75) is 31.4 Å². The maximum Gasteiger partial charge on any atom is 0.433 e. The minimum absolute atomic E-state index is 0.0820. The summed E-state index contributed by atoms with van der Waals surface area (Å²) in [6, 6.07) is 10.5. The highest BCUT2D eigenvalue weighted by Gasteiger charge is 2.58. The average Bonchev–Trinajstić information content (AvgIpc) is 3.20. The van der Waals surface area contributed by atoms with Gasteiger partial charge in [0, 0.05) is 30.8 Å². The van der Waals surface area contributed by atoms with Crippen LogP contribution in [0.15, 0.2) is 47.0 Å². The topological polar surface area (TPSA) is 67.9 Å². The van der Waals surface area contributed by atoms with Crippen LogP contribution in [0.25, 0.3) is 11.5 Å². The van der Waals surface area contributed by atoms with Gasteiger partial charge in [0.1, 0.15) is 5.69 Å². The molecule has 2 aliphatic rings. The normalized spacial score (nSPS) is 20.8. The molecule has 1 aliphatic carbocycles. The van der Waals surface area contributed by atoms with E-state index in [1.165, 1.54) is 6.20 Å².